The van der Waals surface area contributed by atoms with Gasteiger partial charge in [0.1, 0.15) is 0 Å². The first-order valence-electron chi connectivity index (χ1n) is 16.7. The fraction of sp³-hybridized carbons (Fsp3) is 0.233. The summed E-state index contributed by atoms with van der Waals surface area (Å²) in [6.07, 6.45) is 8.68. The zero-order valence-electron chi connectivity index (χ0n) is 28.6. The van der Waals surface area contributed by atoms with E-state index < -0.39 is 0 Å². The number of aliphatic hydroxyl groups excluding tert-OH is 1. The Kier molecular flexibility index (Phi) is 7.87. The SMILES string of the molecule is CC(C)(C)c1ccc(-c2nc(-c3ccc(N4C5=CC(Cc6ccccc64)C(O)=CC=C5)cc3)nc(-c3ccc(C(C)(C)C)cc3)n2)cc1. The third kappa shape index (κ3) is 6.21. The third-order valence-electron chi connectivity index (χ3n) is 9.25. The summed E-state index contributed by atoms with van der Waals surface area (Å²) in [5, 5.41) is 10.7. The Labute approximate surface area is 284 Å². The quantitative estimate of drug-likeness (QED) is 0.214. The van der Waals surface area contributed by atoms with Crippen molar-refractivity contribution in [3.05, 3.63) is 150 Å². The molecule has 0 saturated heterocycles. The van der Waals surface area contributed by atoms with Crippen molar-refractivity contribution in [3.8, 4) is 34.2 Å². The Morgan fingerprint density at radius 3 is 1.60 bits per heavy atom. The molecule has 0 radical (unpaired) electrons. The Bertz CT molecular complexity index is 1980. The van der Waals surface area contributed by atoms with Gasteiger partial charge in [-0.05, 0) is 82.5 Å². The Balaban J connectivity index is 1.30. The number of hydrogen-bond donors (Lipinski definition) is 1. The average Bonchev–Trinajstić information content (AvgIpc) is 3.36. The summed E-state index contributed by atoms with van der Waals surface area (Å²) in [6.45, 7) is 13.3. The number of allylic oxidation sites excluding steroid dienone is 4. The number of hydrogen-bond acceptors (Lipinski definition) is 5. The van der Waals surface area contributed by atoms with E-state index in [0.717, 1.165) is 40.2 Å². The molecule has 240 valence electrons. The Morgan fingerprint density at radius 2 is 1.10 bits per heavy atom. The molecule has 1 unspecified atom stereocenters. The predicted octanol–water partition coefficient (Wildman–Crippen LogP) is 10.7. The topological polar surface area (TPSA) is 62.1 Å². The van der Waals surface area contributed by atoms with Crippen LogP contribution in [0.2, 0.25) is 0 Å². The van der Waals surface area contributed by atoms with Gasteiger partial charge in [-0.15, -0.1) is 0 Å². The molecule has 1 atom stereocenters. The van der Waals surface area contributed by atoms with Crippen molar-refractivity contribution < 1.29 is 5.11 Å². The smallest absolute Gasteiger partial charge is 0.164 e. The molecular weight excluding hydrogens is 589 g/mol. The molecule has 4 aromatic carbocycles. The molecule has 1 aliphatic heterocycles. The highest BCUT2D eigenvalue weighted by molar-refractivity contribution is 5.76. The minimum atomic E-state index is -0.0718. The van der Waals surface area contributed by atoms with E-state index in [4.69, 9.17) is 15.0 Å². The van der Waals surface area contributed by atoms with Gasteiger partial charge in [0.15, 0.2) is 17.5 Å². The fourth-order valence-corrected chi connectivity index (χ4v) is 6.36. The minimum Gasteiger partial charge on any atom is -0.512 e. The summed E-state index contributed by atoms with van der Waals surface area (Å²) >= 11 is 0. The van der Waals surface area contributed by atoms with E-state index >= 15 is 0 Å². The monoisotopic (exact) mass is 630 g/mol. The van der Waals surface area contributed by atoms with Crippen molar-refractivity contribution >= 4 is 11.4 Å². The Morgan fingerprint density at radius 1 is 0.625 bits per heavy atom. The molecule has 2 heterocycles. The zero-order chi connectivity index (χ0) is 33.6. The van der Waals surface area contributed by atoms with Crippen molar-refractivity contribution in [2.45, 2.75) is 58.8 Å². The molecule has 0 amide bonds. The van der Waals surface area contributed by atoms with Gasteiger partial charge >= 0.3 is 0 Å². The summed E-state index contributed by atoms with van der Waals surface area (Å²) in [7, 11) is 0. The van der Waals surface area contributed by atoms with Crippen LogP contribution in [0.5, 0.6) is 0 Å². The van der Waals surface area contributed by atoms with Crippen LogP contribution in [-0.4, -0.2) is 20.1 Å². The van der Waals surface area contributed by atoms with Crippen molar-refractivity contribution in [1.82, 2.24) is 15.0 Å². The highest BCUT2D eigenvalue weighted by atomic mass is 16.3. The number of anilines is 2. The van der Waals surface area contributed by atoms with E-state index in [-0.39, 0.29) is 16.7 Å². The van der Waals surface area contributed by atoms with Gasteiger partial charge in [-0.3, -0.25) is 0 Å². The van der Waals surface area contributed by atoms with E-state index in [9.17, 15) is 5.11 Å². The van der Waals surface area contributed by atoms with E-state index in [2.05, 4.69) is 156 Å². The largest absolute Gasteiger partial charge is 0.512 e. The van der Waals surface area contributed by atoms with Crippen molar-refractivity contribution in [2.75, 3.05) is 4.90 Å². The summed E-state index contributed by atoms with van der Waals surface area (Å²) in [5.74, 6) is 2.23. The lowest BCUT2D eigenvalue weighted by Crippen LogP contribution is -2.15. The first-order valence-corrected chi connectivity index (χ1v) is 16.7. The first kappa shape index (κ1) is 31.3. The van der Waals surface area contributed by atoms with Gasteiger partial charge < -0.3 is 10.0 Å². The van der Waals surface area contributed by atoms with Crippen LogP contribution in [0, 0.1) is 5.92 Å². The lowest BCUT2D eigenvalue weighted by atomic mass is 9.86. The molecular formula is C43H42N4O. The minimum absolute atomic E-state index is 0.0543. The highest BCUT2D eigenvalue weighted by Crippen LogP contribution is 2.40. The van der Waals surface area contributed by atoms with Crippen LogP contribution in [0.4, 0.5) is 11.4 Å². The summed E-state index contributed by atoms with van der Waals surface area (Å²) in [5.41, 5.74) is 9.81. The molecule has 48 heavy (non-hydrogen) atoms. The van der Waals surface area contributed by atoms with Crippen LogP contribution < -0.4 is 4.90 Å². The first-order chi connectivity index (χ1) is 22.9. The normalized spacial score (nSPS) is 16.0. The van der Waals surface area contributed by atoms with E-state index in [0.29, 0.717) is 23.2 Å². The van der Waals surface area contributed by atoms with Crippen LogP contribution in [-0.2, 0) is 17.3 Å². The van der Waals surface area contributed by atoms with Gasteiger partial charge in [0, 0.05) is 39.7 Å². The highest BCUT2D eigenvalue weighted by Gasteiger charge is 2.26. The Hall–Kier alpha value is -5.29. The van der Waals surface area contributed by atoms with Crippen LogP contribution in [0.25, 0.3) is 34.2 Å². The molecule has 2 aliphatic rings. The van der Waals surface area contributed by atoms with Gasteiger partial charge in [0.05, 0.1) is 5.76 Å². The average molecular weight is 631 g/mol. The number of benzene rings is 4. The molecule has 5 nitrogen and oxygen atoms in total. The van der Waals surface area contributed by atoms with Crippen LogP contribution in [0.3, 0.4) is 0 Å². The molecule has 1 aromatic heterocycles. The number of aromatic nitrogens is 3. The van der Waals surface area contributed by atoms with E-state index in [1.54, 1.807) is 6.08 Å². The molecule has 0 fully saturated rings. The lowest BCUT2D eigenvalue weighted by molar-refractivity contribution is 0.356. The maximum absolute atomic E-state index is 10.7. The second kappa shape index (κ2) is 12.1. The van der Waals surface area contributed by atoms with Gasteiger partial charge in [-0.1, -0.05) is 114 Å². The molecule has 5 heteroatoms. The van der Waals surface area contributed by atoms with Crippen LogP contribution >= 0.6 is 0 Å². The molecule has 0 saturated carbocycles. The van der Waals surface area contributed by atoms with Gasteiger partial charge in [-0.25, -0.2) is 15.0 Å². The molecule has 2 bridgehead atoms. The summed E-state index contributed by atoms with van der Waals surface area (Å²) < 4.78 is 0. The number of aliphatic hydroxyl groups is 1. The van der Waals surface area contributed by atoms with Gasteiger partial charge in [0.2, 0.25) is 0 Å². The molecule has 7 rings (SSSR count). The maximum atomic E-state index is 10.7. The number of para-hydroxylation sites is 1. The van der Waals surface area contributed by atoms with Gasteiger partial charge in [0.25, 0.3) is 0 Å². The standard InChI is InChI=1S/C43H42N4O/c1-42(2,3)33-20-14-28(15-21-33)39-44-40(29-16-22-34(23-17-29)43(4,5)6)46-41(45-39)30-18-24-35(25-19-30)47-36-11-9-13-38(48)32(27-36)26-31-10-7-8-12-37(31)47/h7-25,27,32,48H,26H2,1-6H3. The predicted molar refractivity (Wildman–Crippen MR) is 197 cm³/mol. The molecule has 5 aromatic rings. The second-order valence-electron chi connectivity index (χ2n) is 14.8. The van der Waals surface area contributed by atoms with Crippen LogP contribution in [0.1, 0.15) is 58.2 Å². The number of nitrogens with zero attached hydrogens (tertiary/aromatic N) is 4. The second-order valence-corrected chi connectivity index (χ2v) is 14.8. The summed E-state index contributed by atoms with van der Waals surface area (Å²) in [4.78, 5) is 17.3. The van der Waals surface area contributed by atoms with Crippen LogP contribution in [0.15, 0.2) is 133 Å². The summed E-state index contributed by atoms with van der Waals surface area (Å²) in [6, 6.07) is 34.0. The van der Waals surface area contributed by atoms with Gasteiger partial charge in [-0.2, -0.15) is 0 Å². The lowest BCUT2D eigenvalue weighted by Gasteiger charge is -2.27. The molecule has 1 aliphatic carbocycles. The molecule has 1 N–H and O–H groups in total. The maximum Gasteiger partial charge on any atom is 0.164 e. The molecule has 0 spiro atoms. The third-order valence-corrected chi connectivity index (χ3v) is 9.25. The van der Waals surface area contributed by atoms with E-state index in [1.165, 1.54) is 16.7 Å². The van der Waals surface area contributed by atoms with E-state index in [1.807, 2.05) is 6.08 Å². The number of fused-ring (bicyclic) bond motifs is 2. The zero-order valence-corrected chi connectivity index (χ0v) is 28.6. The fourth-order valence-electron chi connectivity index (χ4n) is 6.36. The van der Waals surface area contributed by atoms with Crippen molar-refractivity contribution in [2.24, 2.45) is 5.92 Å². The van der Waals surface area contributed by atoms with Crippen molar-refractivity contribution in [1.29, 1.82) is 0 Å². The number of rotatable bonds is 4. The van der Waals surface area contributed by atoms with Crippen molar-refractivity contribution in [3.63, 3.8) is 0 Å².